The number of nitrogens with zero attached hydrogens (tertiary/aromatic N) is 2. The zero-order valence-electron chi connectivity index (χ0n) is 13.4. The smallest absolute Gasteiger partial charge is 0.223 e. The number of likely N-dealkylation sites (tertiary alicyclic amines) is 1. The number of carbonyl (C=O) groups is 1. The maximum Gasteiger partial charge on any atom is 0.223 e. The fraction of sp³-hybridized carbons (Fsp3) is 0.938. The standard InChI is InChI=1S/C16H31N3O/c1-13-10-19(11-14(13)18(2)3)15(20)9-16(12-17)7-5-4-6-8-16/h13-14H,4-12,17H2,1-3H3. The van der Waals surface area contributed by atoms with Crippen molar-refractivity contribution in [2.75, 3.05) is 33.7 Å². The monoisotopic (exact) mass is 281 g/mol. The fourth-order valence-electron chi connectivity index (χ4n) is 4.01. The Morgan fingerprint density at radius 1 is 1.25 bits per heavy atom. The third-order valence-electron chi connectivity index (χ3n) is 5.46. The first-order valence-corrected chi connectivity index (χ1v) is 8.12. The minimum atomic E-state index is 0.0920. The molecule has 0 spiro atoms. The number of nitrogens with two attached hydrogens (primary N) is 1. The first kappa shape index (κ1) is 15.8. The summed E-state index contributed by atoms with van der Waals surface area (Å²) >= 11 is 0. The van der Waals surface area contributed by atoms with Gasteiger partial charge in [0.2, 0.25) is 5.91 Å². The summed E-state index contributed by atoms with van der Waals surface area (Å²) in [6.45, 7) is 4.70. The second-order valence-electron chi connectivity index (χ2n) is 7.25. The molecule has 1 saturated carbocycles. The molecule has 2 rings (SSSR count). The highest BCUT2D eigenvalue weighted by Crippen LogP contribution is 2.39. The van der Waals surface area contributed by atoms with Crippen molar-refractivity contribution in [3.05, 3.63) is 0 Å². The molecule has 1 heterocycles. The Bertz CT molecular complexity index is 337. The van der Waals surface area contributed by atoms with Crippen molar-refractivity contribution in [2.45, 2.75) is 51.5 Å². The first-order chi connectivity index (χ1) is 9.47. The molecule has 0 radical (unpaired) electrons. The van der Waals surface area contributed by atoms with Crippen molar-refractivity contribution < 1.29 is 4.79 Å². The third-order valence-corrected chi connectivity index (χ3v) is 5.46. The van der Waals surface area contributed by atoms with Crippen LogP contribution in [0.2, 0.25) is 0 Å². The van der Waals surface area contributed by atoms with E-state index in [0.29, 0.717) is 30.8 Å². The number of amides is 1. The van der Waals surface area contributed by atoms with Crippen molar-refractivity contribution in [3.8, 4) is 0 Å². The highest BCUT2D eigenvalue weighted by Gasteiger charge is 2.38. The summed E-state index contributed by atoms with van der Waals surface area (Å²) in [6, 6.07) is 0.499. The molecule has 1 saturated heterocycles. The zero-order valence-corrected chi connectivity index (χ0v) is 13.4. The van der Waals surface area contributed by atoms with Crippen molar-refractivity contribution in [1.29, 1.82) is 0 Å². The summed E-state index contributed by atoms with van der Waals surface area (Å²) in [5, 5.41) is 0. The highest BCUT2D eigenvalue weighted by molar-refractivity contribution is 5.77. The Morgan fingerprint density at radius 2 is 1.90 bits per heavy atom. The molecular formula is C16H31N3O. The van der Waals surface area contributed by atoms with Gasteiger partial charge >= 0.3 is 0 Å². The summed E-state index contributed by atoms with van der Waals surface area (Å²) in [4.78, 5) is 17.0. The van der Waals surface area contributed by atoms with Gasteiger partial charge in [0.25, 0.3) is 0 Å². The topological polar surface area (TPSA) is 49.6 Å². The van der Waals surface area contributed by atoms with Crippen LogP contribution < -0.4 is 5.73 Å². The van der Waals surface area contributed by atoms with Crippen LogP contribution in [0.15, 0.2) is 0 Å². The van der Waals surface area contributed by atoms with E-state index >= 15 is 0 Å². The van der Waals surface area contributed by atoms with Crippen LogP contribution in [0.1, 0.15) is 45.4 Å². The minimum Gasteiger partial charge on any atom is -0.341 e. The molecule has 2 aliphatic rings. The lowest BCUT2D eigenvalue weighted by molar-refractivity contribution is -0.133. The molecule has 1 aliphatic carbocycles. The van der Waals surface area contributed by atoms with Gasteiger partial charge in [0.05, 0.1) is 0 Å². The van der Waals surface area contributed by atoms with Crippen molar-refractivity contribution in [1.82, 2.24) is 9.80 Å². The summed E-state index contributed by atoms with van der Waals surface area (Å²) in [5.74, 6) is 0.891. The SMILES string of the molecule is CC1CN(C(=O)CC2(CN)CCCCC2)CC1N(C)C. The zero-order chi connectivity index (χ0) is 14.8. The van der Waals surface area contributed by atoms with Gasteiger partial charge in [-0.25, -0.2) is 0 Å². The van der Waals surface area contributed by atoms with Gasteiger partial charge < -0.3 is 15.5 Å². The van der Waals surface area contributed by atoms with Crippen LogP contribution in [-0.4, -0.2) is 55.5 Å². The van der Waals surface area contributed by atoms with Crippen LogP contribution in [0.4, 0.5) is 0 Å². The van der Waals surface area contributed by atoms with Gasteiger partial charge in [0.1, 0.15) is 0 Å². The Balaban J connectivity index is 1.95. The summed E-state index contributed by atoms with van der Waals surface area (Å²) in [5.41, 5.74) is 6.10. The average Bonchev–Trinajstić information content (AvgIpc) is 2.82. The van der Waals surface area contributed by atoms with E-state index in [1.54, 1.807) is 0 Å². The second-order valence-corrected chi connectivity index (χ2v) is 7.25. The van der Waals surface area contributed by atoms with Crippen LogP contribution in [0.3, 0.4) is 0 Å². The number of rotatable bonds is 4. The molecule has 0 aromatic carbocycles. The van der Waals surface area contributed by atoms with Crippen molar-refractivity contribution in [3.63, 3.8) is 0 Å². The Kier molecular flexibility index (Phi) is 5.08. The predicted molar refractivity (Wildman–Crippen MR) is 82.4 cm³/mol. The lowest BCUT2D eigenvalue weighted by Crippen LogP contribution is -2.41. The fourth-order valence-corrected chi connectivity index (χ4v) is 4.01. The van der Waals surface area contributed by atoms with E-state index in [-0.39, 0.29) is 5.41 Å². The van der Waals surface area contributed by atoms with E-state index in [4.69, 9.17) is 5.73 Å². The normalized spacial score (nSPS) is 29.9. The van der Waals surface area contributed by atoms with Gasteiger partial charge in [0.15, 0.2) is 0 Å². The molecule has 4 heteroatoms. The van der Waals surface area contributed by atoms with Crippen LogP contribution in [0.25, 0.3) is 0 Å². The first-order valence-electron chi connectivity index (χ1n) is 8.12. The average molecular weight is 281 g/mol. The molecule has 0 bridgehead atoms. The molecule has 2 atom stereocenters. The summed E-state index contributed by atoms with van der Waals surface area (Å²) in [6.07, 6.45) is 6.71. The van der Waals surface area contributed by atoms with Gasteiger partial charge in [-0.15, -0.1) is 0 Å². The molecule has 20 heavy (non-hydrogen) atoms. The molecule has 1 aliphatic heterocycles. The second kappa shape index (κ2) is 6.44. The number of likely N-dealkylation sites (N-methyl/N-ethyl adjacent to an activating group) is 1. The molecule has 0 aromatic heterocycles. The molecule has 2 N–H and O–H groups in total. The van der Waals surface area contributed by atoms with E-state index < -0.39 is 0 Å². The van der Waals surface area contributed by atoms with Gasteiger partial charge in [-0.3, -0.25) is 4.79 Å². The van der Waals surface area contributed by atoms with Gasteiger partial charge in [-0.05, 0) is 44.8 Å². The largest absolute Gasteiger partial charge is 0.341 e. The lowest BCUT2D eigenvalue weighted by Gasteiger charge is -2.36. The maximum absolute atomic E-state index is 12.6. The van der Waals surface area contributed by atoms with Crippen LogP contribution >= 0.6 is 0 Å². The van der Waals surface area contributed by atoms with Crippen LogP contribution in [-0.2, 0) is 4.79 Å². The Morgan fingerprint density at radius 3 is 2.40 bits per heavy atom. The molecule has 116 valence electrons. The Hall–Kier alpha value is -0.610. The number of hydrogen-bond donors (Lipinski definition) is 1. The minimum absolute atomic E-state index is 0.0920. The van der Waals surface area contributed by atoms with Crippen molar-refractivity contribution in [2.24, 2.45) is 17.1 Å². The van der Waals surface area contributed by atoms with E-state index in [1.807, 2.05) is 0 Å². The quantitative estimate of drug-likeness (QED) is 0.853. The predicted octanol–water partition coefficient (Wildman–Crippen LogP) is 1.69. The van der Waals surface area contributed by atoms with E-state index in [9.17, 15) is 4.79 Å². The van der Waals surface area contributed by atoms with Gasteiger partial charge in [-0.1, -0.05) is 26.2 Å². The molecule has 1 amide bonds. The van der Waals surface area contributed by atoms with E-state index in [2.05, 4.69) is 30.8 Å². The van der Waals surface area contributed by atoms with Crippen LogP contribution in [0, 0.1) is 11.3 Å². The Labute approximate surface area is 123 Å². The van der Waals surface area contributed by atoms with E-state index in [0.717, 1.165) is 25.9 Å². The van der Waals surface area contributed by atoms with Crippen molar-refractivity contribution >= 4 is 5.91 Å². The maximum atomic E-state index is 12.6. The lowest BCUT2D eigenvalue weighted by atomic mass is 9.71. The summed E-state index contributed by atoms with van der Waals surface area (Å²) in [7, 11) is 4.22. The van der Waals surface area contributed by atoms with Gasteiger partial charge in [0, 0.05) is 25.6 Å². The number of carbonyl (C=O) groups excluding carboxylic acids is 1. The summed E-state index contributed by atoms with van der Waals surface area (Å²) < 4.78 is 0. The third kappa shape index (κ3) is 3.34. The highest BCUT2D eigenvalue weighted by atomic mass is 16.2. The number of hydrogen-bond acceptors (Lipinski definition) is 3. The molecule has 2 unspecified atom stereocenters. The molecule has 4 nitrogen and oxygen atoms in total. The van der Waals surface area contributed by atoms with Gasteiger partial charge in [-0.2, -0.15) is 0 Å². The molecular weight excluding hydrogens is 250 g/mol. The molecule has 2 fully saturated rings. The van der Waals surface area contributed by atoms with Crippen LogP contribution in [0.5, 0.6) is 0 Å². The van der Waals surface area contributed by atoms with E-state index in [1.165, 1.54) is 19.3 Å². The molecule has 0 aromatic rings.